The van der Waals surface area contributed by atoms with Crippen molar-refractivity contribution in [2.45, 2.75) is 0 Å². The average molecular weight is 287 g/mol. The molecule has 21 heavy (non-hydrogen) atoms. The minimum atomic E-state index is -1.07. The zero-order chi connectivity index (χ0) is 15.2. The SMILES string of the molecule is COc1ccc(NC(=O)Nc2ccc(C(=O)O)cn2)cc1. The smallest absolute Gasteiger partial charge is 0.337 e. The molecule has 3 N–H and O–H groups in total. The molecule has 0 fully saturated rings. The molecule has 0 unspecified atom stereocenters. The number of aromatic nitrogens is 1. The fourth-order valence-electron chi connectivity index (χ4n) is 1.55. The Kier molecular flexibility index (Phi) is 4.35. The molecule has 1 heterocycles. The summed E-state index contributed by atoms with van der Waals surface area (Å²) in [5.41, 5.74) is 0.645. The van der Waals surface area contributed by atoms with Gasteiger partial charge < -0.3 is 15.2 Å². The second-order valence-electron chi connectivity index (χ2n) is 4.04. The van der Waals surface area contributed by atoms with Crippen LogP contribution in [0, 0.1) is 0 Å². The summed E-state index contributed by atoms with van der Waals surface area (Å²) in [6, 6.07) is 9.12. The third kappa shape index (κ3) is 3.93. The Bertz CT molecular complexity index is 638. The molecule has 7 heteroatoms. The number of amides is 2. The van der Waals surface area contributed by atoms with Gasteiger partial charge in [0.2, 0.25) is 0 Å². The van der Waals surface area contributed by atoms with Gasteiger partial charge >= 0.3 is 12.0 Å². The normalized spacial score (nSPS) is 9.76. The first-order valence-electron chi connectivity index (χ1n) is 6.00. The van der Waals surface area contributed by atoms with Crippen molar-refractivity contribution < 1.29 is 19.4 Å². The van der Waals surface area contributed by atoms with E-state index in [-0.39, 0.29) is 11.4 Å². The van der Waals surface area contributed by atoms with E-state index in [9.17, 15) is 9.59 Å². The van der Waals surface area contributed by atoms with Crippen molar-refractivity contribution in [2.75, 3.05) is 17.7 Å². The van der Waals surface area contributed by atoms with Gasteiger partial charge in [0.05, 0.1) is 12.7 Å². The quantitative estimate of drug-likeness (QED) is 0.801. The van der Waals surface area contributed by atoms with Crippen molar-refractivity contribution in [2.24, 2.45) is 0 Å². The number of anilines is 2. The second kappa shape index (κ2) is 6.38. The number of nitrogens with zero attached hydrogens (tertiary/aromatic N) is 1. The lowest BCUT2D eigenvalue weighted by Gasteiger charge is -2.07. The Balaban J connectivity index is 1.95. The van der Waals surface area contributed by atoms with Crippen LogP contribution in [0.2, 0.25) is 0 Å². The molecule has 0 radical (unpaired) electrons. The van der Waals surface area contributed by atoms with Crippen LogP contribution in [0.1, 0.15) is 10.4 Å². The number of carbonyl (C=O) groups is 2. The third-order valence-corrected chi connectivity index (χ3v) is 2.60. The van der Waals surface area contributed by atoms with Crippen LogP contribution in [-0.2, 0) is 0 Å². The predicted octanol–water partition coefficient (Wildman–Crippen LogP) is 2.43. The summed E-state index contributed by atoms with van der Waals surface area (Å²) in [6.45, 7) is 0. The lowest BCUT2D eigenvalue weighted by Crippen LogP contribution is -2.20. The van der Waals surface area contributed by atoms with E-state index in [1.54, 1.807) is 31.4 Å². The molecule has 108 valence electrons. The Hall–Kier alpha value is -3.09. The highest BCUT2D eigenvalue weighted by Gasteiger charge is 2.06. The summed E-state index contributed by atoms with van der Waals surface area (Å²) in [5, 5.41) is 13.9. The maximum atomic E-state index is 11.7. The first-order chi connectivity index (χ1) is 10.1. The van der Waals surface area contributed by atoms with E-state index in [1.807, 2.05) is 0 Å². The summed E-state index contributed by atoms with van der Waals surface area (Å²) in [6.07, 6.45) is 1.17. The van der Waals surface area contributed by atoms with Crippen molar-refractivity contribution >= 4 is 23.5 Å². The van der Waals surface area contributed by atoms with Crippen molar-refractivity contribution in [1.29, 1.82) is 0 Å². The topological polar surface area (TPSA) is 101 Å². The van der Waals surface area contributed by atoms with Crippen molar-refractivity contribution in [1.82, 2.24) is 4.98 Å². The van der Waals surface area contributed by atoms with Crippen LogP contribution in [-0.4, -0.2) is 29.2 Å². The zero-order valence-electron chi connectivity index (χ0n) is 11.2. The van der Waals surface area contributed by atoms with E-state index in [1.165, 1.54) is 18.3 Å². The molecular weight excluding hydrogens is 274 g/mol. The van der Waals surface area contributed by atoms with Gasteiger partial charge in [-0.15, -0.1) is 0 Å². The van der Waals surface area contributed by atoms with E-state index in [0.29, 0.717) is 11.4 Å². The monoisotopic (exact) mass is 287 g/mol. The van der Waals surface area contributed by atoms with Crippen LogP contribution in [0.4, 0.5) is 16.3 Å². The largest absolute Gasteiger partial charge is 0.497 e. The molecule has 0 aliphatic heterocycles. The highest BCUT2D eigenvalue weighted by molar-refractivity contribution is 5.99. The number of benzene rings is 1. The molecule has 0 aliphatic rings. The van der Waals surface area contributed by atoms with Crippen LogP contribution >= 0.6 is 0 Å². The lowest BCUT2D eigenvalue weighted by molar-refractivity contribution is 0.0696. The van der Waals surface area contributed by atoms with Crippen LogP contribution < -0.4 is 15.4 Å². The van der Waals surface area contributed by atoms with Crippen molar-refractivity contribution in [3.05, 3.63) is 48.2 Å². The number of carboxylic acids is 1. The summed E-state index contributed by atoms with van der Waals surface area (Å²) in [7, 11) is 1.56. The minimum absolute atomic E-state index is 0.0520. The lowest BCUT2D eigenvalue weighted by atomic mass is 10.3. The van der Waals surface area contributed by atoms with E-state index in [4.69, 9.17) is 9.84 Å². The van der Waals surface area contributed by atoms with Crippen LogP contribution in [0.15, 0.2) is 42.6 Å². The number of rotatable bonds is 4. The molecular formula is C14H13N3O4. The van der Waals surface area contributed by atoms with Gasteiger partial charge in [-0.05, 0) is 36.4 Å². The average Bonchev–Trinajstić information content (AvgIpc) is 2.48. The standard InChI is InChI=1S/C14H13N3O4/c1-21-11-5-3-10(4-6-11)16-14(20)17-12-7-2-9(8-15-12)13(18)19/h2-8H,1H3,(H,18,19)(H2,15,16,17,20). The number of hydrogen-bond acceptors (Lipinski definition) is 4. The van der Waals surface area contributed by atoms with Gasteiger partial charge in [-0.1, -0.05) is 0 Å². The number of methoxy groups -OCH3 is 1. The number of carboxylic acid groups (broad SMARTS) is 1. The van der Waals surface area contributed by atoms with Gasteiger partial charge in [-0.2, -0.15) is 0 Å². The van der Waals surface area contributed by atoms with E-state index in [0.717, 1.165) is 0 Å². The molecule has 0 aliphatic carbocycles. The number of nitrogens with one attached hydrogen (secondary N) is 2. The molecule has 2 rings (SSSR count). The zero-order valence-corrected chi connectivity index (χ0v) is 11.2. The van der Waals surface area contributed by atoms with E-state index < -0.39 is 12.0 Å². The number of ether oxygens (including phenoxy) is 1. The molecule has 0 spiro atoms. The fourth-order valence-corrected chi connectivity index (χ4v) is 1.55. The van der Waals surface area contributed by atoms with Crippen molar-refractivity contribution in [3.8, 4) is 5.75 Å². The number of aromatic carboxylic acids is 1. The summed E-state index contributed by atoms with van der Waals surface area (Å²) in [4.78, 5) is 26.3. The Morgan fingerprint density at radius 2 is 1.81 bits per heavy atom. The van der Waals surface area contributed by atoms with Gasteiger partial charge in [-0.25, -0.2) is 14.6 Å². The first kappa shape index (κ1) is 14.3. The summed E-state index contributed by atoms with van der Waals surface area (Å²) >= 11 is 0. The predicted molar refractivity (Wildman–Crippen MR) is 76.8 cm³/mol. The Morgan fingerprint density at radius 3 is 2.33 bits per heavy atom. The number of carbonyl (C=O) groups excluding carboxylic acids is 1. The molecule has 0 bridgehead atoms. The summed E-state index contributed by atoms with van der Waals surface area (Å²) in [5.74, 6) is -0.130. The van der Waals surface area contributed by atoms with Crippen molar-refractivity contribution in [3.63, 3.8) is 0 Å². The fraction of sp³-hybridized carbons (Fsp3) is 0.0714. The number of urea groups is 1. The van der Waals surface area contributed by atoms with E-state index in [2.05, 4.69) is 15.6 Å². The number of hydrogen-bond donors (Lipinski definition) is 3. The van der Waals surface area contributed by atoms with E-state index >= 15 is 0 Å². The second-order valence-corrected chi connectivity index (χ2v) is 4.04. The van der Waals surface area contributed by atoms with Gasteiger partial charge in [0, 0.05) is 11.9 Å². The van der Waals surface area contributed by atoms with Gasteiger partial charge in [0.25, 0.3) is 0 Å². The minimum Gasteiger partial charge on any atom is -0.497 e. The Labute approximate surface area is 120 Å². The van der Waals surface area contributed by atoms with Gasteiger partial charge in [0.1, 0.15) is 11.6 Å². The maximum absolute atomic E-state index is 11.7. The molecule has 0 atom stereocenters. The highest BCUT2D eigenvalue weighted by Crippen LogP contribution is 2.15. The summed E-state index contributed by atoms with van der Waals surface area (Å²) < 4.78 is 5.01. The number of pyridine rings is 1. The Morgan fingerprint density at radius 1 is 1.10 bits per heavy atom. The van der Waals surface area contributed by atoms with Crippen LogP contribution in [0.5, 0.6) is 5.75 Å². The third-order valence-electron chi connectivity index (χ3n) is 2.60. The molecule has 7 nitrogen and oxygen atoms in total. The van der Waals surface area contributed by atoms with Crippen LogP contribution in [0.3, 0.4) is 0 Å². The molecule has 1 aromatic carbocycles. The highest BCUT2D eigenvalue weighted by atomic mass is 16.5. The maximum Gasteiger partial charge on any atom is 0.337 e. The van der Waals surface area contributed by atoms with Gasteiger partial charge in [0.15, 0.2) is 0 Å². The molecule has 2 aromatic rings. The first-order valence-corrected chi connectivity index (χ1v) is 6.00. The molecule has 2 amide bonds. The van der Waals surface area contributed by atoms with Crippen LogP contribution in [0.25, 0.3) is 0 Å². The molecule has 0 saturated heterocycles. The van der Waals surface area contributed by atoms with Gasteiger partial charge in [-0.3, -0.25) is 5.32 Å². The molecule has 1 aromatic heterocycles. The molecule has 0 saturated carbocycles.